The van der Waals surface area contributed by atoms with Gasteiger partial charge in [0, 0.05) is 19.1 Å². The first-order chi connectivity index (χ1) is 13.7. The minimum atomic E-state index is 0.531. The molecule has 0 aliphatic carbocycles. The van der Waals surface area contributed by atoms with Gasteiger partial charge in [0.25, 0.3) is 0 Å². The molecule has 146 valence electrons. The Morgan fingerprint density at radius 2 is 2.07 bits per heavy atom. The molecule has 1 N–H and O–H groups in total. The van der Waals surface area contributed by atoms with Crippen LogP contribution in [0, 0.1) is 5.92 Å². The molecule has 2 heterocycles. The fraction of sp³-hybridized carbons (Fsp3) is 0.375. The van der Waals surface area contributed by atoms with Crippen LogP contribution in [0.1, 0.15) is 35.6 Å². The molecule has 2 aliphatic heterocycles. The Balaban J connectivity index is 1.35. The molecule has 3 nitrogen and oxygen atoms in total. The summed E-state index contributed by atoms with van der Waals surface area (Å²) in [5.41, 5.74) is 4.12. The van der Waals surface area contributed by atoms with Crippen LogP contribution < -0.4 is 10.1 Å². The molecule has 1 saturated heterocycles. The Morgan fingerprint density at radius 1 is 1.21 bits per heavy atom. The van der Waals surface area contributed by atoms with Crippen molar-refractivity contribution in [2.45, 2.75) is 25.3 Å². The minimum Gasteiger partial charge on any atom is -0.497 e. The molecule has 2 aromatic carbocycles. The van der Waals surface area contributed by atoms with Crippen molar-refractivity contribution in [1.29, 1.82) is 0 Å². The Morgan fingerprint density at radius 3 is 2.89 bits per heavy atom. The van der Waals surface area contributed by atoms with Gasteiger partial charge in [0.2, 0.25) is 0 Å². The van der Waals surface area contributed by atoms with Crippen LogP contribution in [-0.4, -0.2) is 36.6 Å². The second-order valence-electron chi connectivity index (χ2n) is 7.75. The molecule has 4 heteroatoms. The second kappa shape index (κ2) is 8.89. The molecule has 0 aromatic heterocycles. The Kier molecular flexibility index (Phi) is 6.08. The Bertz CT molecular complexity index is 849. The number of hydrogen-bond acceptors (Lipinski definition) is 3. The number of methoxy groups -OCH3 is 1. The number of piperidine rings is 1. The van der Waals surface area contributed by atoms with Gasteiger partial charge in [0.1, 0.15) is 5.75 Å². The summed E-state index contributed by atoms with van der Waals surface area (Å²) >= 11 is 5.51. The SMILES string of the molecule is COc1ccc2c(c1)CCN1CCC(CNC(=S)/C=C/c3ccccc3)CC21. The van der Waals surface area contributed by atoms with Gasteiger partial charge in [-0.15, -0.1) is 0 Å². The van der Waals surface area contributed by atoms with Gasteiger partial charge in [0.05, 0.1) is 12.1 Å². The summed E-state index contributed by atoms with van der Waals surface area (Å²) in [5.74, 6) is 1.62. The van der Waals surface area contributed by atoms with E-state index in [0.717, 1.165) is 30.2 Å². The van der Waals surface area contributed by atoms with Crippen LogP contribution in [0.15, 0.2) is 54.6 Å². The van der Waals surface area contributed by atoms with Crippen LogP contribution in [0.25, 0.3) is 6.08 Å². The highest BCUT2D eigenvalue weighted by atomic mass is 32.1. The smallest absolute Gasteiger partial charge is 0.119 e. The van der Waals surface area contributed by atoms with E-state index in [1.54, 1.807) is 7.11 Å². The van der Waals surface area contributed by atoms with Gasteiger partial charge in [-0.05, 0) is 66.6 Å². The average molecular weight is 393 g/mol. The molecule has 2 aromatic rings. The second-order valence-corrected chi connectivity index (χ2v) is 8.19. The van der Waals surface area contributed by atoms with Crippen molar-refractivity contribution in [1.82, 2.24) is 10.2 Å². The van der Waals surface area contributed by atoms with E-state index in [4.69, 9.17) is 17.0 Å². The standard InChI is InChI=1S/C24H28N2OS/c1-27-21-8-9-22-20(16-21)12-14-26-13-11-19(15-23(22)26)17-25-24(28)10-7-18-5-3-2-4-6-18/h2-10,16,19,23H,11-15,17H2,1H3,(H,25,28)/b10-7+. The summed E-state index contributed by atoms with van der Waals surface area (Å²) < 4.78 is 5.41. The molecule has 28 heavy (non-hydrogen) atoms. The molecule has 0 saturated carbocycles. The zero-order valence-electron chi connectivity index (χ0n) is 16.4. The number of fused-ring (bicyclic) bond motifs is 3. The lowest BCUT2D eigenvalue weighted by Crippen LogP contribution is -2.43. The maximum Gasteiger partial charge on any atom is 0.119 e. The average Bonchev–Trinajstić information content (AvgIpc) is 2.76. The lowest BCUT2D eigenvalue weighted by atomic mass is 9.82. The third kappa shape index (κ3) is 4.45. The third-order valence-electron chi connectivity index (χ3n) is 5.99. The summed E-state index contributed by atoms with van der Waals surface area (Å²) in [5, 5.41) is 3.47. The normalized spacial score (nSPS) is 21.8. The molecular weight excluding hydrogens is 364 g/mol. The number of nitrogens with one attached hydrogen (secondary N) is 1. The highest BCUT2D eigenvalue weighted by Crippen LogP contribution is 2.39. The molecule has 2 atom stereocenters. The minimum absolute atomic E-state index is 0.531. The summed E-state index contributed by atoms with van der Waals surface area (Å²) in [6, 6.07) is 17.4. The summed E-state index contributed by atoms with van der Waals surface area (Å²) in [6.45, 7) is 3.28. The number of nitrogens with zero attached hydrogens (tertiary/aromatic N) is 1. The highest BCUT2D eigenvalue weighted by Gasteiger charge is 2.33. The first kappa shape index (κ1) is 19.2. The van der Waals surface area contributed by atoms with E-state index in [1.165, 1.54) is 36.1 Å². The number of benzene rings is 2. The van der Waals surface area contributed by atoms with Crippen molar-refractivity contribution in [3.8, 4) is 5.75 Å². The monoisotopic (exact) mass is 392 g/mol. The van der Waals surface area contributed by atoms with E-state index >= 15 is 0 Å². The van der Waals surface area contributed by atoms with Gasteiger partial charge in [-0.25, -0.2) is 0 Å². The maximum absolute atomic E-state index is 5.51. The maximum atomic E-state index is 5.51. The van der Waals surface area contributed by atoms with Crippen molar-refractivity contribution >= 4 is 23.3 Å². The van der Waals surface area contributed by atoms with Gasteiger partial charge in [-0.3, -0.25) is 4.90 Å². The van der Waals surface area contributed by atoms with Crippen LogP contribution in [0.2, 0.25) is 0 Å². The first-order valence-corrected chi connectivity index (χ1v) is 10.6. The fourth-order valence-electron chi connectivity index (χ4n) is 4.42. The number of rotatable bonds is 5. The van der Waals surface area contributed by atoms with Gasteiger partial charge in [-0.1, -0.05) is 54.7 Å². The van der Waals surface area contributed by atoms with Crippen molar-refractivity contribution < 1.29 is 4.74 Å². The predicted molar refractivity (Wildman–Crippen MR) is 120 cm³/mol. The zero-order valence-corrected chi connectivity index (χ0v) is 17.3. The number of ether oxygens (including phenoxy) is 1. The molecule has 4 rings (SSSR count). The van der Waals surface area contributed by atoms with Crippen LogP contribution in [0.4, 0.5) is 0 Å². The van der Waals surface area contributed by atoms with Gasteiger partial charge in [-0.2, -0.15) is 0 Å². The fourth-order valence-corrected chi connectivity index (χ4v) is 4.57. The predicted octanol–water partition coefficient (Wildman–Crippen LogP) is 4.63. The number of hydrogen-bond donors (Lipinski definition) is 1. The van der Waals surface area contributed by atoms with Crippen LogP contribution in [0.3, 0.4) is 0 Å². The molecule has 2 unspecified atom stereocenters. The first-order valence-electron chi connectivity index (χ1n) is 10.1. The Hall–Kier alpha value is -2.17. The third-order valence-corrected chi connectivity index (χ3v) is 6.27. The van der Waals surface area contributed by atoms with E-state index in [-0.39, 0.29) is 0 Å². The van der Waals surface area contributed by atoms with Crippen LogP contribution >= 0.6 is 12.2 Å². The van der Waals surface area contributed by atoms with E-state index in [2.05, 4.69) is 46.6 Å². The lowest BCUT2D eigenvalue weighted by Gasteiger charge is -2.43. The van der Waals surface area contributed by atoms with E-state index in [0.29, 0.717) is 12.0 Å². The van der Waals surface area contributed by atoms with E-state index in [1.807, 2.05) is 24.3 Å². The molecule has 0 bridgehead atoms. The van der Waals surface area contributed by atoms with Gasteiger partial charge in [0.15, 0.2) is 0 Å². The summed E-state index contributed by atoms with van der Waals surface area (Å²) in [4.78, 5) is 3.47. The van der Waals surface area contributed by atoms with Gasteiger partial charge < -0.3 is 10.1 Å². The molecule has 0 spiro atoms. The quantitative estimate of drug-likeness (QED) is 0.592. The largest absolute Gasteiger partial charge is 0.497 e. The summed E-state index contributed by atoms with van der Waals surface area (Å²) in [7, 11) is 1.74. The highest BCUT2D eigenvalue weighted by molar-refractivity contribution is 7.80. The number of thiocarbonyl (C=S) groups is 1. The molecular formula is C24H28N2OS. The lowest BCUT2D eigenvalue weighted by molar-refractivity contribution is 0.104. The van der Waals surface area contributed by atoms with Crippen LogP contribution in [-0.2, 0) is 6.42 Å². The van der Waals surface area contributed by atoms with Crippen molar-refractivity contribution in [3.63, 3.8) is 0 Å². The molecule has 1 fully saturated rings. The van der Waals surface area contributed by atoms with Gasteiger partial charge >= 0.3 is 0 Å². The van der Waals surface area contributed by atoms with E-state index < -0.39 is 0 Å². The summed E-state index contributed by atoms with van der Waals surface area (Å²) in [6.07, 6.45) is 7.63. The van der Waals surface area contributed by atoms with Crippen molar-refractivity contribution in [3.05, 3.63) is 71.3 Å². The van der Waals surface area contributed by atoms with E-state index in [9.17, 15) is 0 Å². The molecule has 0 amide bonds. The van der Waals surface area contributed by atoms with Crippen molar-refractivity contribution in [2.24, 2.45) is 5.92 Å². The zero-order chi connectivity index (χ0) is 19.3. The topological polar surface area (TPSA) is 24.5 Å². The molecule has 0 radical (unpaired) electrons. The van der Waals surface area contributed by atoms with Crippen molar-refractivity contribution in [2.75, 3.05) is 26.7 Å². The van der Waals surface area contributed by atoms with Crippen LogP contribution in [0.5, 0.6) is 5.75 Å². The Labute approximate surface area is 173 Å². The molecule has 2 aliphatic rings.